The minimum atomic E-state index is -0.644. The number of hydrogen-bond acceptors (Lipinski definition) is 6. The number of carbonyl (C=O) groups excluding carboxylic acids is 3. The first-order valence-corrected chi connectivity index (χ1v) is 13.5. The number of benzene rings is 2. The normalized spacial score (nSPS) is 17.6. The zero-order valence-electron chi connectivity index (χ0n) is 21.9. The maximum absolute atomic E-state index is 13.4. The Morgan fingerprint density at radius 3 is 2.50 bits per heavy atom. The Hall–Kier alpha value is -3.69. The van der Waals surface area contributed by atoms with Gasteiger partial charge in [-0.1, -0.05) is 42.5 Å². The quantitative estimate of drug-likeness (QED) is 0.391. The monoisotopic (exact) mass is 534 g/mol. The van der Waals surface area contributed by atoms with Gasteiger partial charge in [-0.25, -0.2) is 4.79 Å². The van der Waals surface area contributed by atoms with Crippen LogP contribution >= 0.6 is 11.3 Å². The van der Waals surface area contributed by atoms with Crippen LogP contribution in [0.15, 0.2) is 72.1 Å². The third kappa shape index (κ3) is 7.90. The molecule has 9 heteroatoms. The summed E-state index contributed by atoms with van der Waals surface area (Å²) in [6, 6.07) is 20.4. The zero-order valence-corrected chi connectivity index (χ0v) is 22.7. The van der Waals surface area contributed by atoms with Gasteiger partial charge in [0.25, 0.3) is 5.91 Å². The summed E-state index contributed by atoms with van der Waals surface area (Å²) in [5.41, 5.74) is 1.47. The first kappa shape index (κ1) is 27.3. The van der Waals surface area contributed by atoms with Crippen molar-refractivity contribution >= 4 is 34.9 Å². The Morgan fingerprint density at radius 1 is 1.00 bits per heavy atom. The third-order valence-electron chi connectivity index (χ3n) is 6.08. The summed E-state index contributed by atoms with van der Waals surface area (Å²) in [7, 11) is 0. The van der Waals surface area contributed by atoms with Crippen molar-refractivity contribution in [2.24, 2.45) is 5.92 Å². The van der Waals surface area contributed by atoms with Gasteiger partial charge in [0.2, 0.25) is 5.91 Å². The van der Waals surface area contributed by atoms with Gasteiger partial charge < -0.3 is 20.7 Å². The number of likely N-dealkylation sites (tertiary alicyclic amines) is 1. The fraction of sp³-hybridized carbons (Fsp3) is 0.345. The highest BCUT2D eigenvalue weighted by atomic mass is 32.1. The Kier molecular flexibility index (Phi) is 8.81. The maximum Gasteiger partial charge on any atom is 0.407 e. The van der Waals surface area contributed by atoms with E-state index < -0.39 is 23.7 Å². The molecule has 1 aliphatic rings. The highest BCUT2D eigenvalue weighted by molar-refractivity contribution is 7.09. The van der Waals surface area contributed by atoms with Crippen LogP contribution in [0.2, 0.25) is 0 Å². The average Bonchev–Trinajstić information content (AvgIpc) is 3.52. The molecular formula is C29H34N4O4S. The second-order valence-corrected chi connectivity index (χ2v) is 11.4. The van der Waals surface area contributed by atoms with Crippen molar-refractivity contribution in [3.63, 3.8) is 0 Å². The van der Waals surface area contributed by atoms with E-state index in [4.69, 9.17) is 4.74 Å². The van der Waals surface area contributed by atoms with Crippen LogP contribution in [-0.2, 0) is 22.6 Å². The molecule has 0 bridgehead atoms. The molecule has 2 heterocycles. The van der Waals surface area contributed by atoms with Crippen LogP contribution < -0.4 is 16.0 Å². The lowest BCUT2D eigenvalue weighted by Crippen LogP contribution is -2.46. The van der Waals surface area contributed by atoms with Gasteiger partial charge in [0.05, 0.1) is 18.5 Å². The third-order valence-corrected chi connectivity index (χ3v) is 6.96. The fourth-order valence-electron chi connectivity index (χ4n) is 4.38. The lowest BCUT2D eigenvalue weighted by Gasteiger charge is -2.24. The van der Waals surface area contributed by atoms with E-state index in [2.05, 4.69) is 20.9 Å². The van der Waals surface area contributed by atoms with Crippen LogP contribution in [0.1, 0.15) is 41.6 Å². The summed E-state index contributed by atoms with van der Waals surface area (Å²) in [5.74, 6) is -0.936. The fourth-order valence-corrected chi connectivity index (χ4v) is 5.03. The number of anilines is 1. The number of rotatable bonds is 8. The molecular weight excluding hydrogens is 500 g/mol. The number of nitrogens with zero attached hydrogens (tertiary/aromatic N) is 1. The number of amides is 3. The zero-order chi connectivity index (χ0) is 27.1. The van der Waals surface area contributed by atoms with Crippen LogP contribution in [0.4, 0.5) is 10.5 Å². The molecule has 0 aliphatic carbocycles. The topological polar surface area (TPSA) is 99.8 Å². The van der Waals surface area contributed by atoms with E-state index in [1.54, 1.807) is 56.4 Å². The van der Waals surface area contributed by atoms with Crippen LogP contribution in [0.5, 0.6) is 0 Å². The molecule has 1 saturated heterocycles. The molecule has 0 spiro atoms. The van der Waals surface area contributed by atoms with Gasteiger partial charge in [-0.2, -0.15) is 0 Å². The van der Waals surface area contributed by atoms with Gasteiger partial charge in [0.15, 0.2) is 0 Å². The van der Waals surface area contributed by atoms with Crippen LogP contribution in [0.3, 0.4) is 0 Å². The molecule has 38 heavy (non-hydrogen) atoms. The van der Waals surface area contributed by atoms with E-state index in [1.165, 1.54) is 0 Å². The van der Waals surface area contributed by atoms with Gasteiger partial charge in [0, 0.05) is 35.8 Å². The Bertz CT molecular complexity index is 1240. The molecule has 1 aliphatic heterocycles. The van der Waals surface area contributed by atoms with Crippen molar-refractivity contribution in [3.05, 3.63) is 88.1 Å². The first-order chi connectivity index (χ1) is 18.2. The van der Waals surface area contributed by atoms with Gasteiger partial charge in [-0.3, -0.25) is 14.5 Å². The van der Waals surface area contributed by atoms with Gasteiger partial charge in [-0.05, 0) is 56.0 Å². The molecule has 0 radical (unpaired) electrons. The highest BCUT2D eigenvalue weighted by Gasteiger charge is 2.39. The molecule has 0 saturated carbocycles. The number of ether oxygens (including phenoxy) is 1. The SMILES string of the molecule is CC(C)(C)OC(=O)NC1CN(Cc2ccccc2)CC1C(=O)Nc1cccc(C(=O)NCc2cccs2)c1. The number of thiophene rings is 1. The molecule has 200 valence electrons. The number of alkyl carbamates (subject to hydrolysis) is 1. The molecule has 3 aromatic rings. The standard InChI is InChI=1S/C29H34N4O4S/c1-29(2,3)37-28(36)32-25-19-33(17-20-9-5-4-6-10-20)18-24(25)27(35)31-22-12-7-11-21(15-22)26(34)30-16-23-13-8-14-38-23/h4-15,24-25H,16-19H2,1-3H3,(H,30,34)(H,31,35)(H,32,36). The van der Waals surface area contributed by atoms with Crippen molar-refractivity contribution in [1.29, 1.82) is 0 Å². The minimum absolute atomic E-state index is 0.214. The lowest BCUT2D eigenvalue weighted by molar-refractivity contribution is -0.120. The summed E-state index contributed by atoms with van der Waals surface area (Å²) in [6.45, 7) is 7.51. The Labute approximate surface area is 227 Å². The average molecular weight is 535 g/mol. The van der Waals surface area contributed by atoms with Gasteiger partial charge in [0.1, 0.15) is 5.60 Å². The first-order valence-electron chi connectivity index (χ1n) is 12.6. The van der Waals surface area contributed by atoms with E-state index in [1.807, 2.05) is 47.8 Å². The minimum Gasteiger partial charge on any atom is -0.444 e. The highest BCUT2D eigenvalue weighted by Crippen LogP contribution is 2.23. The Balaban J connectivity index is 1.43. The molecule has 2 aromatic carbocycles. The summed E-state index contributed by atoms with van der Waals surface area (Å²) in [4.78, 5) is 41.8. The van der Waals surface area contributed by atoms with E-state index in [9.17, 15) is 14.4 Å². The molecule has 2 atom stereocenters. The van der Waals surface area contributed by atoms with Crippen LogP contribution in [0, 0.1) is 5.92 Å². The predicted octanol–water partition coefficient (Wildman–Crippen LogP) is 4.64. The summed E-state index contributed by atoms with van der Waals surface area (Å²) in [6.07, 6.45) is -0.550. The second-order valence-electron chi connectivity index (χ2n) is 10.4. The molecule has 8 nitrogen and oxygen atoms in total. The molecule has 3 N–H and O–H groups in total. The summed E-state index contributed by atoms with van der Waals surface area (Å²) in [5, 5.41) is 10.7. The van der Waals surface area contributed by atoms with E-state index in [-0.39, 0.29) is 11.8 Å². The van der Waals surface area contributed by atoms with Crippen molar-refractivity contribution in [1.82, 2.24) is 15.5 Å². The Morgan fingerprint density at radius 2 is 1.79 bits per heavy atom. The predicted molar refractivity (Wildman–Crippen MR) is 149 cm³/mol. The van der Waals surface area contributed by atoms with E-state index >= 15 is 0 Å². The summed E-state index contributed by atoms with van der Waals surface area (Å²) >= 11 is 1.58. The number of nitrogens with one attached hydrogen (secondary N) is 3. The lowest BCUT2D eigenvalue weighted by atomic mass is 10.0. The molecule has 1 fully saturated rings. The largest absolute Gasteiger partial charge is 0.444 e. The summed E-state index contributed by atoms with van der Waals surface area (Å²) < 4.78 is 5.45. The molecule has 1 aromatic heterocycles. The maximum atomic E-state index is 13.4. The molecule has 3 amide bonds. The smallest absolute Gasteiger partial charge is 0.407 e. The molecule has 4 rings (SSSR count). The second kappa shape index (κ2) is 12.2. The molecule has 2 unspecified atom stereocenters. The van der Waals surface area contributed by atoms with Crippen molar-refractivity contribution in [2.75, 3.05) is 18.4 Å². The van der Waals surface area contributed by atoms with Crippen LogP contribution in [0.25, 0.3) is 0 Å². The van der Waals surface area contributed by atoms with E-state index in [0.717, 1.165) is 10.4 Å². The van der Waals surface area contributed by atoms with Gasteiger partial charge in [-0.15, -0.1) is 11.3 Å². The van der Waals surface area contributed by atoms with Crippen LogP contribution in [-0.4, -0.2) is 47.5 Å². The van der Waals surface area contributed by atoms with Crippen molar-refractivity contribution < 1.29 is 19.1 Å². The van der Waals surface area contributed by atoms with E-state index in [0.29, 0.717) is 37.4 Å². The van der Waals surface area contributed by atoms with Crippen molar-refractivity contribution in [3.8, 4) is 0 Å². The number of hydrogen-bond donors (Lipinski definition) is 3. The van der Waals surface area contributed by atoms with Crippen molar-refractivity contribution in [2.45, 2.75) is 45.5 Å². The van der Waals surface area contributed by atoms with Gasteiger partial charge >= 0.3 is 6.09 Å². The number of carbonyl (C=O) groups is 3.